The molecule has 82 valence electrons. The molecule has 2 nitrogen and oxygen atoms in total. The molecule has 0 bridgehead atoms. The molecule has 15 heavy (non-hydrogen) atoms. The first-order chi connectivity index (χ1) is 7.19. The van der Waals surface area contributed by atoms with Gasteiger partial charge in [0.05, 0.1) is 0 Å². The standard InChI is InChI=1S/C12H16ClNO/c1-3-9-5-7-10(8-6-9)11(13)12(15)14-4-2/h5-8,11H,3-4H2,1-2H3,(H,14,15). The molecule has 0 heterocycles. The Hall–Kier alpha value is -1.02. The normalized spacial score (nSPS) is 12.2. The largest absolute Gasteiger partial charge is 0.355 e. The Labute approximate surface area is 95.6 Å². The van der Waals surface area contributed by atoms with Gasteiger partial charge in [0.15, 0.2) is 0 Å². The van der Waals surface area contributed by atoms with Gasteiger partial charge in [-0.1, -0.05) is 31.2 Å². The van der Waals surface area contributed by atoms with E-state index in [9.17, 15) is 4.79 Å². The van der Waals surface area contributed by atoms with Crippen molar-refractivity contribution in [1.82, 2.24) is 5.32 Å². The molecule has 1 unspecified atom stereocenters. The zero-order valence-electron chi connectivity index (χ0n) is 9.09. The maximum Gasteiger partial charge on any atom is 0.242 e. The van der Waals surface area contributed by atoms with Gasteiger partial charge in [0, 0.05) is 6.54 Å². The average molecular weight is 226 g/mol. The van der Waals surface area contributed by atoms with Crippen molar-refractivity contribution in [3.05, 3.63) is 35.4 Å². The first kappa shape index (κ1) is 12.1. The number of amides is 1. The number of hydrogen-bond acceptors (Lipinski definition) is 1. The highest BCUT2D eigenvalue weighted by Gasteiger charge is 2.15. The number of carbonyl (C=O) groups is 1. The molecule has 0 saturated carbocycles. The van der Waals surface area contributed by atoms with Crippen molar-refractivity contribution >= 4 is 17.5 Å². The third-order valence-corrected chi connectivity index (χ3v) is 2.71. The third kappa shape index (κ3) is 3.24. The van der Waals surface area contributed by atoms with E-state index in [1.165, 1.54) is 5.56 Å². The van der Waals surface area contributed by atoms with Crippen molar-refractivity contribution < 1.29 is 4.79 Å². The maximum atomic E-state index is 11.5. The molecule has 1 N–H and O–H groups in total. The number of nitrogens with one attached hydrogen (secondary N) is 1. The molecule has 0 aliphatic heterocycles. The lowest BCUT2D eigenvalue weighted by molar-refractivity contribution is -0.120. The van der Waals surface area contributed by atoms with Crippen LogP contribution in [-0.2, 0) is 11.2 Å². The predicted octanol–water partition coefficient (Wildman–Crippen LogP) is 2.67. The highest BCUT2D eigenvalue weighted by atomic mass is 35.5. The Bertz CT molecular complexity index is 321. The van der Waals surface area contributed by atoms with Crippen molar-refractivity contribution in [2.75, 3.05) is 6.54 Å². The van der Waals surface area contributed by atoms with E-state index >= 15 is 0 Å². The summed E-state index contributed by atoms with van der Waals surface area (Å²) >= 11 is 6.02. The van der Waals surface area contributed by atoms with E-state index < -0.39 is 5.38 Å². The molecule has 0 saturated heterocycles. The molecule has 0 spiro atoms. The minimum absolute atomic E-state index is 0.136. The van der Waals surface area contributed by atoms with Gasteiger partial charge >= 0.3 is 0 Å². The lowest BCUT2D eigenvalue weighted by atomic mass is 10.1. The summed E-state index contributed by atoms with van der Waals surface area (Å²) in [4.78, 5) is 11.5. The Morgan fingerprint density at radius 2 is 1.93 bits per heavy atom. The fourth-order valence-electron chi connectivity index (χ4n) is 1.34. The number of likely N-dealkylation sites (N-methyl/N-ethyl adjacent to an activating group) is 1. The molecule has 0 fully saturated rings. The van der Waals surface area contributed by atoms with Crippen LogP contribution < -0.4 is 5.32 Å². The zero-order chi connectivity index (χ0) is 11.3. The molecule has 1 aromatic rings. The first-order valence-electron chi connectivity index (χ1n) is 5.19. The summed E-state index contributed by atoms with van der Waals surface area (Å²) < 4.78 is 0. The predicted molar refractivity (Wildman–Crippen MR) is 63.1 cm³/mol. The topological polar surface area (TPSA) is 29.1 Å². The average Bonchev–Trinajstić information content (AvgIpc) is 2.28. The van der Waals surface area contributed by atoms with Crippen molar-refractivity contribution in [2.24, 2.45) is 0 Å². The quantitative estimate of drug-likeness (QED) is 0.785. The van der Waals surface area contributed by atoms with Crippen LogP contribution >= 0.6 is 11.6 Å². The van der Waals surface area contributed by atoms with Crippen molar-refractivity contribution in [1.29, 1.82) is 0 Å². The Kier molecular flexibility index (Phi) is 4.63. The minimum atomic E-state index is -0.587. The maximum absolute atomic E-state index is 11.5. The summed E-state index contributed by atoms with van der Waals surface area (Å²) in [7, 11) is 0. The molecule has 1 aromatic carbocycles. The second-order valence-corrected chi connectivity index (χ2v) is 3.79. The number of benzene rings is 1. The number of hydrogen-bond donors (Lipinski definition) is 1. The number of carbonyl (C=O) groups excluding carboxylic acids is 1. The molecule has 0 radical (unpaired) electrons. The highest BCUT2D eigenvalue weighted by Crippen LogP contribution is 2.20. The Morgan fingerprint density at radius 1 is 1.33 bits per heavy atom. The molecular formula is C12H16ClNO. The molecule has 1 atom stereocenters. The molecule has 0 aliphatic rings. The molecular weight excluding hydrogens is 210 g/mol. The van der Waals surface area contributed by atoms with E-state index in [-0.39, 0.29) is 5.91 Å². The second-order valence-electron chi connectivity index (χ2n) is 3.35. The van der Waals surface area contributed by atoms with Crippen LogP contribution in [0.4, 0.5) is 0 Å². The molecule has 3 heteroatoms. The first-order valence-corrected chi connectivity index (χ1v) is 5.63. The van der Waals surface area contributed by atoms with Crippen LogP contribution in [0.5, 0.6) is 0 Å². The van der Waals surface area contributed by atoms with Crippen LogP contribution in [0.15, 0.2) is 24.3 Å². The van der Waals surface area contributed by atoms with Gasteiger partial charge in [-0.3, -0.25) is 4.79 Å². The van der Waals surface area contributed by atoms with Gasteiger partial charge in [-0.05, 0) is 24.5 Å². The second kappa shape index (κ2) is 5.76. The third-order valence-electron chi connectivity index (χ3n) is 2.26. The zero-order valence-corrected chi connectivity index (χ0v) is 9.84. The fraction of sp³-hybridized carbons (Fsp3) is 0.417. The van der Waals surface area contributed by atoms with Crippen molar-refractivity contribution in [2.45, 2.75) is 25.6 Å². The Morgan fingerprint density at radius 3 is 2.40 bits per heavy atom. The van der Waals surface area contributed by atoms with E-state index in [1.54, 1.807) is 0 Å². The van der Waals surface area contributed by atoms with Crippen LogP contribution in [0.1, 0.15) is 30.4 Å². The smallest absolute Gasteiger partial charge is 0.242 e. The summed E-state index contributed by atoms with van der Waals surface area (Å²) in [5.41, 5.74) is 2.10. The van der Waals surface area contributed by atoms with Crippen molar-refractivity contribution in [3.63, 3.8) is 0 Å². The van der Waals surface area contributed by atoms with Crippen LogP contribution in [0.3, 0.4) is 0 Å². The number of rotatable bonds is 4. The van der Waals surface area contributed by atoms with E-state index in [2.05, 4.69) is 12.2 Å². The SMILES string of the molecule is CCNC(=O)C(Cl)c1ccc(CC)cc1. The highest BCUT2D eigenvalue weighted by molar-refractivity contribution is 6.30. The number of halogens is 1. The van der Waals surface area contributed by atoms with E-state index in [4.69, 9.17) is 11.6 Å². The van der Waals surface area contributed by atoms with Gasteiger partial charge in [-0.2, -0.15) is 0 Å². The van der Waals surface area contributed by atoms with Gasteiger partial charge in [-0.25, -0.2) is 0 Å². The lowest BCUT2D eigenvalue weighted by Gasteiger charge is -2.09. The number of aryl methyl sites for hydroxylation is 1. The summed E-state index contributed by atoms with van der Waals surface area (Å²) in [5, 5.41) is 2.11. The molecule has 0 aliphatic carbocycles. The lowest BCUT2D eigenvalue weighted by Crippen LogP contribution is -2.26. The summed E-state index contributed by atoms with van der Waals surface area (Å²) in [6, 6.07) is 7.82. The van der Waals surface area contributed by atoms with Gasteiger partial charge < -0.3 is 5.32 Å². The summed E-state index contributed by atoms with van der Waals surface area (Å²) in [5.74, 6) is -0.136. The molecule has 0 aromatic heterocycles. The van der Waals surface area contributed by atoms with Gasteiger partial charge in [-0.15, -0.1) is 11.6 Å². The van der Waals surface area contributed by atoms with Crippen LogP contribution in [0.2, 0.25) is 0 Å². The molecule has 1 rings (SSSR count). The van der Waals surface area contributed by atoms with Gasteiger partial charge in [0.2, 0.25) is 5.91 Å². The van der Waals surface area contributed by atoms with Crippen LogP contribution in [0.25, 0.3) is 0 Å². The van der Waals surface area contributed by atoms with Crippen LogP contribution in [0, 0.1) is 0 Å². The fourth-order valence-corrected chi connectivity index (χ4v) is 1.56. The molecule has 1 amide bonds. The van der Waals surface area contributed by atoms with Gasteiger partial charge in [0.1, 0.15) is 5.38 Å². The number of alkyl halides is 1. The van der Waals surface area contributed by atoms with Crippen molar-refractivity contribution in [3.8, 4) is 0 Å². The minimum Gasteiger partial charge on any atom is -0.355 e. The monoisotopic (exact) mass is 225 g/mol. The summed E-state index contributed by atoms with van der Waals surface area (Å²) in [6.45, 7) is 4.58. The van der Waals surface area contributed by atoms with E-state index in [0.717, 1.165) is 12.0 Å². The van der Waals surface area contributed by atoms with E-state index in [1.807, 2.05) is 31.2 Å². The van der Waals surface area contributed by atoms with Gasteiger partial charge in [0.25, 0.3) is 0 Å². The van der Waals surface area contributed by atoms with E-state index in [0.29, 0.717) is 6.54 Å². The Balaban J connectivity index is 2.73. The summed E-state index contributed by atoms with van der Waals surface area (Å²) in [6.07, 6.45) is 0.994. The van der Waals surface area contributed by atoms with Crippen LogP contribution in [-0.4, -0.2) is 12.5 Å².